The van der Waals surface area contributed by atoms with Crippen LogP contribution >= 0.6 is 0 Å². The number of hydrogen-bond acceptors (Lipinski definition) is 6. The first-order valence-electron chi connectivity index (χ1n) is 10.5. The third-order valence-electron chi connectivity index (χ3n) is 5.38. The van der Waals surface area contributed by atoms with Crippen LogP contribution in [0.2, 0.25) is 0 Å². The van der Waals surface area contributed by atoms with E-state index < -0.39 is 0 Å². The lowest BCUT2D eigenvalue weighted by Gasteiger charge is -2.22. The Morgan fingerprint density at radius 1 is 1.23 bits per heavy atom. The van der Waals surface area contributed by atoms with E-state index in [0.717, 1.165) is 50.7 Å². The number of carbonyl (C=O) groups excluding carboxylic acids is 1. The fourth-order valence-electron chi connectivity index (χ4n) is 3.88. The Balaban J connectivity index is 1.50. The molecule has 0 spiro atoms. The molecule has 0 radical (unpaired) electrons. The fraction of sp³-hybridized carbons (Fsp3) is 0.455. The second kappa shape index (κ2) is 9.21. The molecule has 1 aliphatic rings. The lowest BCUT2D eigenvalue weighted by Crippen LogP contribution is -2.32. The highest BCUT2D eigenvalue weighted by Crippen LogP contribution is 2.23. The van der Waals surface area contributed by atoms with E-state index in [4.69, 9.17) is 4.42 Å². The minimum Gasteiger partial charge on any atom is -0.472 e. The first-order valence-corrected chi connectivity index (χ1v) is 10.5. The van der Waals surface area contributed by atoms with Gasteiger partial charge in [-0.25, -0.2) is 0 Å². The molecule has 3 aromatic heterocycles. The molecule has 8 nitrogen and oxygen atoms in total. The molecule has 0 saturated heterocycles. The van der Waals surface area contributed by atoms with Gasteiger partial charge in [-0.3, -0.25) is 14.7 Å². The largest absolute Gasteiger partial charge is 0.472 e. The predicted molar refractivity (Wildman–Crippen MR) is 112 cm³/mol. The Labute approximate surface area is 176 Å². The summed E-state index contributed by atoms with van der Waals surface area (Å²) in [4.78, 5) is 19.2. The Hall–Kier alpha value is -3.00. The lowest BCUT2D eigenvalue weighted by atomic mass is 10.0. The Morgan fingerprint density at radius 2 is 2.13 bits per heavy atom. The fourth-order valence-corrected chi connectivity index (χ4v) is 3.88. The molecule has 158 valence electrons. The highest BCUT2D eigenvalue weighted by Gasteiger charge is 2.26. The van der Waals surface area contributed by atoms with Gasteiger partial charge in [-0.1, -0.05) is 13.8 Å². The van der Waals surface area contributed by atoms with Crippen LogP contribution < -0.4 is 5.32 Å². The number of nitrogens with zero attached hydrogens (tertiary/aromatic N) is 5. The van der Waals surface area contributed by atoms with Crippen LogP contribution in [0.1, 0.15) is 53.9 Å². The van der Waals surface area contributed by atoms with Crippen LogP contribution in [0.3, 0.4) is 0 Å². The van der Waals surface area contributed by atoms with Gasteiger partial charge in [0.25, 0.3) is 5.91 Å². The van der Waals surface area contributed by atoms with Gasteiger partial charge in [0.1, 0.15) is 5.82 Å². The van der Waals surface area contributed by atoms with Crippen LogP contribution in [0.5, 0.6) is 0 Å². The van der Waals surface area contributed by atoms with Crippen molar-refractivity contribution in [1.29, 1.82) is 0 Å². The number of fused-ring (bicyclic) bond motifs is 1. The van der Waals surface area contributed by atoms with E-state index in [1.54, 1.807) is 37.1 Å². The standard InChI is InChI=1S/C22H28N6O2/c1-16(2)12-19(24-22(29)18-4-3-7-23-13-18)21-26-25-20-5-8-27(9-10-28(20)21)14-17-6-11-30-15-17/h3-4,6-7,11,13,15-16,19H,5,8-10,12,14H2,1-2H3,(H,24,29)/t19-/m1/s1. The van der Waals surface area contributed by atoms with Gasteiger partial charge < -0.3 is 14.3 Å². The van der Waals surface area contributed by atoms with Gasteiger partial charge in [-0.05, 0) is 30.5 Å². The molecule has 30 heavy (non-hydrogen) atoms. The molecule has 0 saturated carbocycles. The molecule has 0 aliphatic carbocycles. The summed E-state index contributed by atoms with van der Waals surface area (Å²) in [6.07, 6.45) is 8.37. The summed E-state index contributed by atoms with van der Waals surface area (Å²) in [6, 6.07) is 5.35. The van der Waals surface area contributed by atoms with Crippen molar-refractivity contribution in [2.75, 3.05) is 13.1 Å². The molecule has 4 heterocycles. The number of hydrogen-bond donors (Lipinski definition) is 1. The van der Waals surface area contributed by atoms with Crippen LogP contribution in [-0.4, -0.2) is 43.6 Å². The van der Waals surface area contributed by atoms with Crippen molar-refractivity contribution in [2.24, 2.45) is 5.92 Å². The number of pyridine rings is 1. The second-order valence-corrected chi connectivity index (χ2v) is 8.18. The van der Waals surface area contributed by atoms with E-state index in [1.165, 1.54) is 5.56 Å². The molecule has 8 heteroatoms. The Bertz CT molecular complexity index is 951. The summed E-state index contributed by atoms with van der Waals surface area (Å²) in [6.45, 7) is 7.77. The molecule has 1 amide bonds. The van der Waals surface area contributed by atoms with E-state index in [-0.39, 0.29) is 11.9 Å². The van der Waals surface area contributed by atoms with Gasteiger partial charge >= 0.3 is 0 Å². The first kappa shape index (κ1) is 20.3. The zero-order valence-electron chi connectivity index (χ0n) is 17.5. The highest BCUT2D eigenvalue weighted by atomic mass is 16.3. The maximum Gasteiger partial charge on any atom is 0.253 e. The van der Waals surface area contributed by atoms with E-state index in [1.807, 2.05) is 6.07 Å². The monoisotopic (exact) mass is 408 g/mol. The van der Waals surface area contributed by atoms with E-state index in [2.05, 4.69) is 43.8 Å². The molecule has 0 fully saturated rings. The summed E-state index contributed by atoms with van der Waals surface area (Å²) < 4.78 is 7.38. The number of amides is 1. The van der Waals surface area contributed by atoms with Crippen molar-refractivity contribution in [1.82, 2.24) is 30.0 Å². The van der Waals surface area contributed by atoms with E-state index in [0.29, 0.717) is 11.5 Å². The van der Waals surface area contributed by atoms with Crippen molar-refractivity contribution in [2.45, 2.75) is 45.8 Å². The predicted octanol–water partition coefficient (Wildman–Crippen LogP) is 2.84. The molecule has 1 N–H and O–H groups in total. The summed E-state index contributed by atoms with van der Waals surface area (Å²) in [5.74, 6) is 2.08. The summed E-state index contributed by atoms with van der Waals surface area (Å²) in [5, 5.41) is 12.1. The normalized spacial score (nSPS) is 15.6. The third-order valence-corrected chi connectivity index (χ3v) is 5.38. The topological polar surface area (TPSA) is 89.1 Å². The van der Waals surface area contributed by atoms with Crippen LogP contribution in [0.4, 0.5) is 0 Å². The smallest absolute Gasteiger partial charge is 0.253 e. The quantitative estimate of drug-likeness (QED) is 0.647. The molecule has 3 aromatic rings. The van der Waals surface area contributed by atoms with Gasteiger partial charge in [0.05, 0.1) is 24.1 Å². The average molecular weight is 409 g/mol. The van der Waals surface area contributed by atoms with Crippen molar-refractivity contribution < 1.29 is 9.21 Å². The molecular weight excluding hydrogens is 380 g/mol. The maximum atomic E-state index is 12.8. The van der Waals surface area contributed by atoms with Crippen molar-refractivity contribution >= 4 is 5.91 Å². The number of aromatic nitrogens is 4. The highest BCUT2D eigenvalue weighted by molar-refractivity contribution is 5.94. The molecule has 1 aliphatic heterocycles. The van der Waals surface area contributed by atoms with Crippen molar-refractivity contribution in [3.05, 3.63) is 65.9 Å². The van der Waals surface area contributed by atoms with Crippen LogP contribution in [-0.2, 0) is 19.5 Å². The van der Waals surface area contributed by atoms with Crippen molar-refractivity contribution in [3.63, 3.8) is 0 Å². The molecule has 0 aromatic carbocycles. The molecule has 0 unspecified atom stereocenters. The van der Waals surface area contributed by atoms with Gasteiger partial charge in [0.15, 0.2) is 5.82 Å². The average Bonchev–Trinajstić information content (AvgIpc) is 3.35. The lowest BCUT2D eigenvalue weighted by molar-refractivity contribution is 0.0928. The van der Waals surface area contributed by atoms with Gasteiger partial charge in [-0.2, -0.15) is 0 Å². The Morgan fingerprint density at radius 3 is 2.87 bits per heavy atom. The molecule has 1 atom stereocenters. The maximum absolute atomic E-state index is 12.8. The molecule has 0 bridgehead atoms. The number of furan rings is 1. The third kappa shape index (κ3) is 4.76. The zero-order chi connectivity index (χ0) is 20.9. The van der Waals surface area contributed by atoms with Crippen LogP contribution in [0.25, 0.3) is 0 Å². The number of rotatable bonds is 7. The minimum atomic E-state index is -0.195. The number of nitrogens with one attached hydrogen (secondary N) is 1. The van der Waals surface area contributed by atoms with Gasteiger partial charge in [0.2, 0.25) is 0 Å². The number of carbonyl (C=O) groups is 1. The van der Waals surface area contributed by atoms with Gasteiger partial charge in [-0.15, -0.1) is 10.2 Å². The molecule has 4 rings (SSSR count). The Kier molecular flexibility index (Phi) is 6.23. The summed E-state index contributed by atoms with van der Waals surface area (Å²) in [7, 11) is 0. The SMILES string of the molecule is CC(C)C[C@@H](NC(=O)c1cccnc1)c1nnc2n1CCN(Cc1ccoc1)CC2. The molecular formula is C22H28N6O2. The van der Waals surface area contributed by atoms with Gasteiger partial charge in [0, 0.05) is 50.6 Å². The van der Waals surface area contributed by atoms with Crippen molar-refractivity contribution in [3.8, 4) is 0 Å². The van der Waals surface area contributed by atoms with Crippen LogP contribution in [0.15, 0.2) is 47.5 Å². The first-order chi connectivity index (χ1) is 14.6. The zero-order valence-corrected chi connectivity index (χ0v) is 17.5. The second-order valence-electron chi connectivity index (χ2n) is 8.18. The van der Waals surface area contributed by atoms with E-state index in [9.17, 15) is 4.79 Å². The van der Waals surface area contributed by atoms with Crippen LogP contribution in [0, 0.1) is 5.92 Å². The summed E-state index contributed by atoms with van der Waals surface area (Å²) >= 11 is 0. The summed E-state index contributed by atoms with van der Waals surface area (Å²) in [5.41, 5.74) is 1.72. The van der Waals surface area contributed by atoms with E-state index >= 15 is 0 Å². The minimum absolute atomic E-state index is 0.138.